The van der Waals surface area contributed by atoms with Crippen LogP contribution in [0.25, 0.3) is 0 Å². The van der Waals surface area contributed by atoms with Crippen molar-refractivity contribution in [1.82, 2.24) is 4.90 Å². The van der Waals surface area contributed by atoms with Gasteiger partial charge >= 0.3 is 5.97 Å². The number of likely N-dealkylation sites (N-methyl/N-ethyl adjacent to an activating group) is 1. The van der Waals surface area contributed by atoms with Crippen LogP contribution in [0, 0.1) is 0 Å². The molecular weight excluding hydrogens is 262 g/mol. The SMILES string of the molecule is CCCCOCCOCCOCCN(CC)CC(=O)O. The molecule has 0 amide bonds. The molecule has 120 valence electrons. The Bertz CT molecular complexity index is 226. The van der Waals surface area contributed by atoms with E-state index in [2.05, 4.69) is 6.92 Å². The Kier molecular flexibility index (Phi) is 14.2. The molecule has 6 heteroatoms. The summed E-state index contributed by atoms with van der Waals surface area (Å²) in [4.78, 5) is 12.4. The van der Waals surface area contributed by atoms with E-state index in [9.17, 15) is 4.79 Å². The second-order valence-electron chi connectivity index (χ2n) is 4.45. The number of carbonyl (C=O) groups is 1. The molecule has 0 rings (SSSR count). The number of rotatable bonds is 15. The third kappa shape index (κ3) is 13.7. The molecule has 0 radical (unpaired) electrons. The van der Waals surface area contributed by atoms with Crippen LogP contribution in [0.3, 0.4) is 0 Å². The van der Waals surface area contributed by atoms with Gasteiger partial charge in [-0.3, -0.25) is 9.69 Å². The third-order valence-corrected chi connectivity index (χ3v) is 2.74. The van der Waals surface area contributed by atoms with Crippen LogP contribution >= 0.6 is 0 Å². The zero-order chi connectivity index (χ0) is 15.1. The number of unbranched alkanes of at least 4 members (excludes halogenated alkanes) is 1. The van der Waals surface area contributed by atoms with Gasteiger partial charge in [-0.05, 0) is 13.0 Å². The lowest BCUT2D eigenvalue weighted by Gasteiger charge is -2.17. The Morgan fingerprint density at radius 3 is 2.00 bits per heavy atom. The predicted octanol–water partition coefficient (Wildman–Crippen LogP) is 1.24. The quantitative estimate of drug-likeness (QED) is 0.458. The van der Waals surface area contributed by atoms with Crippen LogP contribution in [0.15, 0.2) is 0 Å². The molecular formula is C14H29NO5. The number of nitrogens with zero attached hydrogens (tertiary/aromatic N) is 1. The smallest absolute Gasteiger partial charge is 0.317 e. The average Bonchev–Trinajstić information content (AvgIpc) is 2.43. The van der Waals surface area contributed by atoms with E-state index < -0.39 is 5.97 Å². The summed E-state index contributed by atoms with van der Waals surface area (Å²) < 4.78 is 16.1. The van der Waals surface area contributed by atoms with Crippen molar-refractivity contribution in [2.24, 2.45) is 0 Å². The lowest BCUT2D eigenvalue weighted by Crippen LogP contribution is -2.32. The average molecular weight is 291 g/mol. The lowest BCUT2D eigenvalue weighted by molar-refractivity contribution is -0.138. The minimum Gasteiger partial charge on any atom is -0.480 e. The maximum atomic E-state index is 10.6. The highest BCUT2D eigenvalue weighted by Gasteiger charge is 2.06. The molecule has 1 N–H and O–H groups in total. The summed E-state index contributed by atoms with van der Waals surface area (Å²) in [5.41, 5.74) is 0. The molecule has 0 unspecified atom stereocenters. The number of aliphatic carboxylic acids is 1. The van der Waals surface area contributed by atoms with Crippen LogP contribution in [0.5, 0.6) is 0 Å². The van der Waals surface area contributed by atoms with Crippen molar-refractivity contribution >= 4 is 5.97 Å². The highest BCUT2D eigenvalue weighted by atomic mass is 16.5. The first-order valence-electron chi connectivity index (χ1n) is 7.38. The molecule has 0 saturated heterocycles. The number of hydrogen-bond acceptors (Lipinski definition) is 5. The van der Waals surface area contributed by atoms with Crippen LogP contribution < -0.4 is 0 Å². The van der Waals surface area contributed by atoms with Crippen molar-refractivity contribution in [1.29, 1.82) is 0 Å². The maximum Gasteiger partial charge on any atom is 0.317 e. The summed E-state index contributed by atoms with van der Waals surface area (Å²) >= 11 is 0. The Balaban J connectivity index is 3.21. The summed E-state index contributed by atoms with van der Waals surface area (Å²) in [7, 11) is 0. The Morgan fingerprint density at radius 2 is 1.50 bits per heavy atom. The fourth-order valence-electron chi connectivity index (χ4n) is 1.52. The molecule has 20 heavy (non-hydrogen) atoms. The zero-order valence-corrected chi connectivity index (χ0v) is 12.8. The number of hydrogen-bond donors (Lipinski definition) is 1. The van der Waals surface area contributed by atoms with Crippen molar-refractivity contribution < 1.29 is 24.1 Å². The van der Waals surface area contributed by atoms with Crippen LogP contribution in [-0.2, 0) is 19.0 Å². The van der Waals surface area contributed by atoms with Crippen LogP contribution in [-0.4, -0.2) is 75.3 Å². The number of carboxylic acid groups (broad SMARTS) is 1. The van der Waals surface area contributed by atoms with E-state index in [1.165, 1.54) is 0 Å². The molecule has 0 bridgehead atoms. The molecule has 0 aliphatic heterocycles. The molecule has 0 aromatic rings. The van der Waals surface area contributed by atoms with Gasteiger partial charge in [0.15, 0.2) is 0 Å². The topological polar surface area (TPSA) is 68.2 Å². The lowest BCUT2D eigenvalue weighted by atomic mass is 10.4. The standard InChI is InChI=1S/C14H29NO5/c1-3-5-7-18-9-11-20-12-10-19-8-6-15(4-2)13-14(16)17/h3-13H2,1-2H3,(H,16,17). The summed E-state index contributed by atoms with van der Waals surface area (Å²) in [6.45, 7) is 9.08. The van der Waals surface area contributed by atoms with Crippen molar-refractivity contribution in [2.45, 2.75) is 26.7 Å². The van der Waals surface area contributed by atoms with E-state index in [0.717, 1.165) is 19.4 Å². The second kappa shape index (κ2) is 14.7. The molecule has 0 fully saturated rings. The molecule has 6 nitrogen and oxygen atoms in total. The van der Waals surface area contributed by atoms with Crippen molar-refractivity contribution in [2.75, 3.05) is 59.3 Å². The van der Waals surface area contributed by atoms with Gasteiger partial charge in [-0.25, -0.2) is 0 Å². The summed E-state index contributed by atoms with van der Waals surface area (Å²) in [5, 5.41) is 8.68. The van der Waals surface area contributed by atoms with E-state index in [1.807, 2.05) is 11.8 Å². The van der Waals surface area contributed by atoms with Gasteiger partial charge in [0.1, 0.15) is 0 Å². The first-order chi connectivity index (χ1) is 9.70. The predicted molar refractivity (Wildman–Crippen MR) is 77.1 cm³/mol. The highest BCUT2D eigenvalue weighted by Crippen LogP contribution is 1.90. The van der Waals surface area contributed by atoms with Gasteiger partial charge in [-0.2, -0.15) is 0 Å². The van der Waals surface area contributed by atoms with Crippen molar-refractivity contribution in [3.8, 4) is 0 Å². The summed E-state index contributed by atoms with van der Waals surface area (Å²) in [6, 6.07) is 0. The molecule has 0 heterocycles. The first-order valence-corrected chi connectivity index (χ1v) is 7.38. The fraction of sp³-hybridized carbons (Fsp3) is 0.929. The largest absolute Gasteiger partial charge is 0.480 e. The normalized spacial score (nSPS) is 11.2. The summed E-state index contributed by atoms with van der Waals surface area (Å²) in [5.74, 6) is -0.807. The zero-order valence-electron chi connectivity index (χ0n) is 12.8. The van der Waals surface area contributed by atoms with E-state index in [0.29, 0.717) is 46.1 Å². The summed E-state index contributed by atoms with van der Waals surface area (Å²) in [6.07, 6.45) is 2.23. The highest BCUT2D eigenvalue weighted by molar-refractivity contribution is 5.69. The molecule has 0 aliphatic carbocycles. The van der Waals surface area contributed by atoms with E-state index in [-0.39, 0.29) is 6.54 Å². The molecule has 0 spiro atoms. The van der Waals surface area contributed by atoms with Crippen LogP contribution in [0.4, 0.5) is 0 Å². The first kappa shape index (κ1) is 19.3. The Hall–Kier alpha value is -0.690. The van der Waals surface area contributed by atoms with Gasteiger partial charge in [-0.15, -0.1) is 0 Å². The maximum absolute atomic E-state index is 10.6. The van der Waals surface area contributed by atoms with E-state index in [4.69, 9.17) is 19.3 Å². The third-order valence-electron chi connectivity index (χ3n) is 2.74. The molecule has 0 aromatic carbocycles. The minimum absolute atomic E-state index is 0.0610. The van der Waals surface area contributed by atoms with E-state index in [1.54, 1.807) is 0 Å². The Labute approximate surface area is 122 Å². The number of carboxylic acids is 1. The van der Waals surface area contributed by atoms with Gasteiger partial charge < -0.3 is 19.3 Å². The fourth-order valence-corrected chi connectivity index (χ4v) is 1.52. The van der Waals surface area contributed by atoms with E-state index >= 15 is 0 Å². The molecule has 0 aromatic heterocycles. The van der Waals surface area contributed by atoms with Gasteiger partial charge in [-0.1, -0.05) is 20.3 Å². The van der Waals surface area contributed by atoms with Gasteiger partial charge in [0.2, 0.25) is 0 Å². The monoisotopic (exact) mass is 291 g/mol. The molecule has 0 saturated carbocycles. The van der Waals surface area contributed by atoms with Gasteiger partial charge in [0, 0.05) is 13.2 Å². The Morgan fingerprint density at radius 1 is 0.950 bits per heavy atom. The molecule has 0 aliphatic rings. The minimum atomic E-state index is -0.807. The van der Waals surface area contributed by atoms with Gasteiger partial charge in [0.25, 0.3) is 0 Å². The van der Waals surface area contributed by atoms with Crippen LogP contribution in [0.1, 0.15) is 26.7 Å². The van der Waals surface area contributed by atoms with Crippen LogP contribution in [0.2, 0.25) is 0 Å². The van der Waals surface area contributed by atoms with Crippen molar-refractivity contribution in [3.63, 3.8) is 0 Å². The van der Waals surface area contributed by atoms with Crippen molar-refractivity contribution in [3.05, 3.63) is 0 Å². The number of ether oxygens (including phenoxy) is 3. The second-order valence-corrected chi connectivity index (χ2v) is 4.45. The van der Waals surface area contributed by atoms with Gasteiger partial charge in [0.05, 0.1) is 39.6 Å². The molecule has 0 atom stereocenters.